The Labute approximate surface area is 209 Å². The van der Waals surface area contributed by atoms with Gasteiger partial charge >= 0.3 is 0 Å². The van der Waals surface area contributed by atoms with Gasteiger partial charge in [-0.3, -0.25) is 4.79 Å². The molecule has 0 bridgehead atoms. The molecule has 0 saturated heterocycles. The van der Waals surface area contributed by atoms with Crippen LogP contribution in [0.15, 0.2) is 40.6 Å². The zero-order chi connectivity index (χ0) is 22.4. The van der Waals surface area contributed by atoms with E-state index in [1.807, 2.05) is 34.0 Å². The predicted octanol–water partition coefficient (Wildman–Crippen LogP) is 9.93. The summed E-state index contributed by atoms with van der Waals surface area (Å²) in [4.78, 5) is 21.0. The SMILES string of the molecule is CC(=O)Sc1ccc(-c2cc(C3=C(c4cc(-c5ccc(C)s5)sc4C)CCC3)c(C)s2)s1. The van der Waals surface area contributed by atoms with Gasteiger partial charge in [0.15, 0.2) is 5.12 Å². The monoisotopic (exact) mass is 512 g/mol. The average Bonchev–Trinajstić information content (AvgIpc) is 3.52. The molecule has 32 heavy (non-hydrogen) atoms. The summed E-state index contributed by atoms with van der Waals surface area (Å²) >= 11 is 8.74. The van der Waals surface area contributed by atoms with Crippen LogP contribution in [-0.4, -0.2) is 5.12 Å². The van der Waals surface area contributed by atoms with Crippen molar-refractivity contribution in [1.82, 2.24) is 0 Å². The highest BCUT2D eigenvalue weighted by Gasteiger charge is 2.24. The zero-order valence-corrected chi connectivity index (χ0v) is 22.6. The van der Waals surface area contributed by atoms with E-state index >= 15 is 0 Å². The van der Waals surface area contributed by atoms with Gasteiger partial charge in [-0.15, -0.1) is 45.3 Å². The first kappa shape index (κ1) is 22.4. The van der Waals surface area contributed by atoms with Gasteiger partial charge in [-0.05, 0) is 110 Å². The van der Waals surface area contributed by atoms with Gasteiger partial charge in [-0.25, -0.2) is 0 Å². The van der Waals surface area contributed by atoms with E-state index in [1.165, 1.54) is 75.4 Å². The molecule has 164 valence electrons. The number of hydrogen-bond donors (Lipinski definition) is 0. The highest BCUT2D eigenvalue weighted by atomic mass is 32.2. The molecule has 0 atom stereocenters. The fourth-order valence-electron chi connectivity index (χ4n) is 4.36. The smallest absolute Gasteiger partial charge is 0.191 e. The molecule has 1 nitrogen and oxygen atoms in total. The lowest BCUT2D eigenvalue weighted by Gasteiger charge is -2.07. The Morgan fingerprint density at radius 3 is 1.84 bits per heavy atom. The molecule has 4 aromatic heterocycles. The predicted molar refractivity (Wildman–Crippen MR) is 147 cm³/mol. The van der Waals surface area contributed by atoms with Crippen LogP contribution in [0.3, 0.4) is 0 Å². The third kappa shape index (κ3) is 4.36. The minimum Gasteiger partial charge on any atom is -0.287 e. The molecule has 4 aromatic rings. The van der Waals surface area contributed by atoms with Crippen molar-refractivity contribution < 1.29 is 4.79 Å². The second-order valence-corrected chi connectivity index (χ2v) is 14.5. The third-order valence-corrected chi connectivity index (χ3v) is 11.3. The van der Waals surface area contributed by atoms with Crippen LogP contribution in [0.1, 0.15) is 51.9 Å². The van der Waals surface area contributed by atoms with Crippen LogP contribution in [0.25, 0.3) is 30.7 Å². The maximum atomic E-state index is 11.5. The van der Waals surface area contributed by atoms with Crippen molar-refractivity contribution in [3.63, 3.8) is 0 Å². The molecule has 0 unspecified atom stereocenters. The fraction of sp³-hybridized carbons (Fsp3) is 0.269. The van der Waals surface area contributed by atoms with E-state index in [1.54, 1.807) is 23.8 Å². The van der Waals surface area contributed by atoms with Crippen molar-refractivity contribution in [2.24, 2.45) is 0 Å². The van der Waals surface area contributed by atoms with Crippen LogP contribution in [0.5, 0.6) is 0 Å². The van der Waals surface area contributed by atoms with Crippen LogP contribution in [-0.2, 0) is 4.79 Å². The largest absolute Gasteiger partial charge is 0.287 e. The number of aryl methyl sites for hydroxylation is 3. The molecule has 0 radical (unpaired) electrons. The second kappa shape index (κ2) is 9.07. The normalized spacial score (nSPS) is 14.0. The number of hydrogen-bond acceptors (Lipinski definition) is 6. The summed E-state index contributed by atoms with van der Waals surface area (Å²) < 4.78 is 1.08. The topological polar surface area (TPSA) is 17.1 Å². The Kier molecular flexibility index (Phi) is 6.34. The molecule has 0 spiro atoms. The van der Waals surface area contributed by atoms with Crippen molar-refractivity contribution in [1.29, 1.82) is 0 Å². The van der Waals surface area contributed by atoms with Crippen LogP contribution in [0.2, 0.25) is 0 Å². The molecular formula is C26H24OS5. The number of thioether (sulfide) groups is 1. The summed E-state index contributed by atoms with van der Waals surface area (Å²) in [6.45, 7) is 8.34. The first-order valence-electron chi connectivity index (χ1n) is 10.7. The van der Waals surface area contributed by atoms with E-state index < -0.39 is 0 Å². The van der Waals surface area contributed by atoms with Gasteiger partial charge in [-0.1, -0.05) is 0 Å². The zero-order valence-electron chi connectivity index (χ0n) is 18.5. The Bertz CT molecular complexity index is 1340. The summed E-state index contributed by atoms with van der Waals surface area (Å²) in [5, 5.41) is 0.144. The second-order valence-electron chi connectivity index (χ2n) is 8.09. The molecule has 0 aromatic carbocycles. The van der Waals surface area contributed by atoms with E-state index in [0.717, 1.165) is 10.6 Å². The van der Waals surface area contributed by atoms with Gasteiger partial charge in [0, 0.05) is 41.1 Å². The van der Waals surface area contributed by atoms with E-state index in [9.17, 15) is 4.79 Å². The van der Waals surface area contributed by atoms with Gasteiger partial charge in [0.1, 0.15) is 0 Å². The first-order valence-corrected chi connectivity index (χ1v) is 14.8. The minimum absolute atomic E-state index is 0.144. The molecule has 0 aliphatic heterocycles. The lowest BCUT2D eigenvalue weighted by molar-refractivity contribution is -0.109. The van der Waals surface area contributed by atoms with Crippen LogP contribution in [0.4, 0.5) is 0 Å². The number of carbonyl (C=O) groups excluding carboxylic acids is 1. The van der Waals surface area contributed by atoms with E-state index in [2.05, 4.69) is 57.2 Å². The summed E-state index contributed by atoms with van der Waals surface area (Å²) in [6.07, 6.45) is 3.56. The first-order chi connectivity index (χ1) is 15.4. The standard InChI is InChI=1S/C26H24OS5/c1-14-8-9-22(28-14)24-12-20(15(2)29-24)18-6-5-7-19(18)21-13-25(30-16(21)3)23-10-11-26(32-23)31-17(4)27/h8-13H,5-7H2,1-4H3. The molecule has 0 amide bonds. The van der Waals surface area contributed by atoms with Gasteiger partial charge < -0.3 is 0 Å². The Morgan fingerprint density at radius 2 is 1.31 bits per heavy atom. The van der Waals surface area contributed by atoms with Gasteiger partial charge in [-0.2, -0.15) is 0 Å². The molecule has 0 saturated carbocycles. The van der Waals surface area contributed by atoms with E-state index in [0.29, 0.717) is 0 Å². The van der Waals surface area contributed by atoms with Crippen molar-refractivity contribution in [3.8, 4) is 19.5 Å². The summed E-state index contributed by atoms with van der Waals surface area (Å²) in [6, 6.07) is 13.5. The lowest BCUT2D eigenvalue weighted by atomic mass is 9.97. The maximum Gasteiger partial charge on any atom is 0.191 e. The Balaban J connectivity index is 1.51. The minimum atomic E-state index is 0.144. The molecule has 4 heterocycles. The molecule has 5 rings (SSSR count). The molecule has 1 aliphatic carbocycles. The lowest BCUT2D eigenvalue weighted by Crippen LogP contribution is -1.86. The molecule has 6 heteroatoms. The van der Waals surface area contributed by atoms with Gasteiger partial charge in [0.25, 0.3) is 0 Å². The van der Waals surface area contributed by atoms with Crippen LogP contribution in [0, 0.1) is 20.8 Å². The van der Waals surface area contributed by atoms with Crippen molar-refractivity contribution in [2.75, 3.05) is 0 Å². The van der Waals surface area contributed by atoms with Crippen molar-refractivity contribution >= 4 is 73.4 Å². The number of thiophene rings is 4. The van der Waals surface area contributed by atoms with E-state index in [4.69, 9.17) is 0 Å². The highest BCUT2D eigenvalue weighted by Crippen LogP contribution is 2.48. The van der Waals surface area contributed by atoms with E-state index in [-0.39, 0.29) is 5.12 Å². The summed E-state index contributed by atoms with van der Waals surface area (Å²) in [5.41, 5.74) is 5.96. The molecule has 0 N–H and O–H groups in total. The Hall–Kier alpha value is -1.44. The number of allylic oxidation sites excluding steroid dienone is 2. The average molecular weight is 513 g/mol. The summed E-state index contributed by atoms with van der Waals surface area (Å²) in [5.74, 6) is 0. The van der Waals surface area contributed by atoms with Crippen LogP contribution < -0.4 is 0 Å². The Morgan fingerprint density at radius 1 is 0.750 bits per heavy atom. The highest BCUT2D eigenvalue weighted by molar-refractivity contribution is 8.15. The molecular weight excluding hydrogens is 489 g/mol. The number of carbonyl (C=O) groups is 1. The van der Waals surface area contributed by atoms with Crippen molar-refractivity contribution in [2.45, 2.75) is 51.2 Å². The van der Waals surface area contributed by atoms with Gasteiger partial charge in [0.05, 0.1) is 4.21 Å². The van der Waals surface area contributed by atoms with Gasteiger partial charge in [0.2, 0.25) is 0 Å². The van der Waals surface area contributed by atoms with Crippen molar-refractivity contribution in [3.05, 3.63) is 62.2 Å². The summed E-state index contributed by atoms with van der Waals surface area (Å²) in [7, 11) is 0. The number of rotatable bonds is 5. The fourth-order valence-corrected chi connectivity index (χ4v) is 9.43. The quantitative estimate of drug-likeness (QED) is 0.247. The molecule has 0 fully saturated rings. The third-order valence-electron chi connectivity index (χ3n) is 5.76. The maximum absolute atomic E-state index is 11.5. The molecule has 1 aliphatic rings. The van der Waals surface area contributed by atoms with Crippen LogP contribution >= 0.6 is 57.1 Å².